The summed E-state index contributed by atoms with van der Waals surface area (Å²) < 4.78 is 42.7. The lowest BCUT2D eigenvalue weighted by atomic mass is 10.0. The molecule has 0 saturated carbocycles. The number of hydrogen-bond donors (Lipinski definition) is 0. The van der Waals surface area contributed by atoms with Crippen LogP contribution >= 0.6 is 11.3 Å². The van der Waals surface area contributed by atoms with Gasteiger partial charge in [-0.2, -0.15) is 13.2 Å². The first-order valence-corrected chi connectivity index (χ1v) is 8.23. The van der Waals surface area contributed by atoms with Crippen LogP contribution in [0.3, 0.4) is 0 Å². The summed E-state index contributed by atoms with van der Waals surface area (Å²) in [6.07, 6.45) is -4.58. The van der Waals surface area contributed by atoms with E-state index in [1.165, 1.54) is 0 Å². The van der Waals surface area contributed by atoms with E-state index in [4.69, 9.17) is 4.74 Å². The second kappa shape index (κ2) is 6.99. The molecule has 0 aliphatic rings. The Labute approximate surface area is 147 Å². The minimum atomic E-state index is -4.58. The maximum absolute atomic E-state index is 12.6. The summed E-state index contributed by atoms with van der Waals surface area (Å²) in [6, 6.07) is 7.39. The fraction of sp³-hybridized carbons (Fsp3) is 0.438. The quantitative estimate of drug-likeness (QED) is 0.811. The Hall–Kier alpha value is -2.16. The molecule has 25 heavy (non-hydrogen) atoms. The van der Waals surface area contributed by atoms with Crippen LogP contribution in [0.2, 0.25) is 0 Å². The average molecular weight is 373 g/mol. The molecule has 1 aromatic heterocycles. The van der Waals surface area contributed by atoms with E-state index < -0.39 is 23.3 Å². The summed E-state index contributed by atoms with van der Waals surface area (Å²) in [5.41, 5.74) is 1.14. The van der Waals surface area contributed by atoms with Gasteiger partial charge in [-0.3, -0.25) is 4.79 Å². The summed E-state index contributed by atoms with van der Waals surface area (Å²) >= 11 is 0.259. The third-order valence-corrected chi connectivity index (χ3v) is 4.03. The van der Waals surface area contributed by atoms with Crippen LogP contribution in [-0.2, 0) is 11.0 Å². The Kier molecular flexibility index (Phi) is 5.36. The maximum Gasteiger partial charge on any atom is 0.445 e. The van der Waals surface area contributed by atoms with E-state index in [1.54, 1.807) is 11.0 Å². The zero-order valence-electron chi connectivity index (χ0n) is 14.2. The van der Waals surface area contributed by atoms with Gasteiger partial charge in [0.05, 0.1) is 0 Å². The largest absolute Gasteiger partial charge is 0.459 e. The molecule has 0 atom stereocenters. The first-order valence-electron chi connectivity index (χ1n) is 7.42. The van der Waals surface area contributed by atoms with Gasteiger partial charge in [-0.15, -0.1) is 5.10 Å². The number of halogens is 3. The van der Waals surface area contributed by atoms with Crippen LogP contribution < -0.4 is 9.64 Å². The smallest absolute Gasteiger partial charge is 0.445 e. The van der Waals surface area contributed by atoms with Crippen LogP contribution in [0.4, 0.5) is 18.9 Å². The molecular formula is C16H18F3N3O2S. The van der Waals surface area contributed by atoms with Crippen molar-refractivity contribution in [3.05, 3.63) is 34.8 Å². The number of nitrogens with zero attached hydrogens (tertiary/aromatic N) is 3. The summed E-state index contributed by atoms with van der Waals surface area (Å²) in [5, 5.41) is 4.94. The fourth-order valence-corrected chi connectivity index (χ4v) is 2.81. The van der Waals surface area contributed by atoms with Crippen molar-refractivity contribution >= 4 is 22.9 Å². The van der Waals surface area contributed by atoms with Gasteiger partial charge in [0.15, 0.2) is 6.61 Å². The third kappa shape index (κ3) is 4.91. The summed E-state index contributed by atoms with van der Waals surface area (Å²) in [7, 11) is 0. The Balaban J connectivity index is 2.14. The van der Waals surface area contributed by atoms with Gasteiger partial charge in [-0.25, -0.2) is 0 Å². The highest BCUT2D eigenvalue weighted by Crippen LogP contribution is 2.34. The van der Waals surface area contributed by atoms with Crippen molar-refractivity contribution in [1.29, 1.82) is 0 Å². The predicted molar refractivity (Wildman–Crippen MR) is 88.8 cm³/mol. The van der Waals surface area contributed by atoms with Gasteiger partial charge in [-0.05, 0) is 45.4 Å². The lowest BCUT2D eigenvalue weighted by molar-refractivity contribution is -0.138. The number of rotatable bonds is 4. The standard InChI is InChI=1S/C16H18F3N3O2S/c1-10-6-5-7-11(8-10)22(15(2,3)4)12(23)9-24-14-21-20-13(25-14)16(17,18)19/h5-8H,9H2,1-4H3. The van der Waals surface area contributed by atoms with E-state index >= 15 is 0 Å². The second-order valence-corrected chi connectivity index (χ2v) is 7.34. The zero-order chi connectivity index (χ0) is 18.8. The number of hydrogen-bond acceptors (Lipinski definition) is 5. The molecule has 2 aromatic rings. The summed E-state index contributed by atoms with van der Waals surface area (Å²) in [4.78, 5) is 14.2. The topological polar surface area (TPSA) is 55.3 Å². The predicted octanol–water partition coefficient (Wildman–Crippen LogP) is 4.08. The number of aromatic nitrogens is 2. The molecule has 0 aliphatic carbocycles. The first kappa shape index (κ1) is 19.2. The van der Waals surface area contributed by atoms with E-state index in [0.717, 1.165) is 5.56 Å². The summed E-state index contributed by atoms with van der Waals surface area (Å²) in [6.45, 7) is 7.06. The summed E-state index contributed by atoms with van der Waals surface area (Å²) in [5.74, 6) is -0.387. The van der Waals surface area contributed by atoms with Crippen LogP contribution in [0.15, 0.2) is 24.3 Å². The van der Waals surface area contributed by atoms with Gasteiger partial charge < -0.3 is 9.64 Å². The minimum absolute atomic E-state index is 0.259. The average Bonchev–Trinajstić information content (AvgIpc) is 2.92. The molecule has 0 unspecified atom stereocenters. The zero-order valence-corrected chi connectivity index (χ0v) is 15.0. The van der Waals surface area contributed by atoms with Gasteiger partial charge in [0.25, 0.3) is 11.1 Å². The van der Waals surface area contributed by atoms with Gasteiger partial charge in [0, 0.05) is 11.2 Å². The van der Waals surface area contributed by atoms with Crippen LogP contribution in [-0.4, -0.2) is 28.3 Å². The molecular weight excluding hydrogens is 355 g/mol. The molecule has 0 bridgehead atoms. The number of benzene rings is 1. The van der Waals surface area contributed by atoms with E-state index in [-0.39, 0.29) is 22.4 Å². The SMILES string of the molecule is Cc1cccc(N(C(=O)COc2nnc(C(F)(F)F)s2)C(C)(C)C)c1. The van der Waals surface area contributed by atoms with E-state index in [2.05, 4.69) is 10.2 Å². The number of amides is 1. The van der Waals surface area contributed by atoms with E-state index in [1.807, 2.05) is 45.9 Å². The number of aryl methyl sites for hydroxylation is 1. The Morgan fingerprint density at radius 2 is 1.92 bits per heavy atom. The fourth-order valence-electron chi connectivity index (χ4n) is 2.24. The molecule has 0 fully saturated rings. The molecule has 0 radical (unpaired) electrons. The molecule has 2 rings (SSSR count). The lowest BCUT2D eigenvalue weighted by Gasteiger charge is -2.35. The van der Waals surface area contributed by atoms with E-state index in [0.29, 0.717) is 5.69 Å². The first-order chi connectivity index (χ1) is 11.5. The van der Waals surface area contributed by atoms with Gasteiger partial charge in [-0.1, -0.05) is 28.6 Å². The van der Waals surface area contributed by atoms with Crippen LogP contribution in [0.25, 0.3) is 0 Å². The normalized spacial score (nSPS) is 12.1. The van der Waals surface area contributed by atoms with Crippen LogP contribution in [0.1, 0.15) is 31.3 Å². The van der Waals surface area contributed by atoms with Crippen LogP contribution in [0, 0.1) is 6.92 Å². The van der Waals surface area contributed by atoms with Gasteiger partial charge >= 0.3 is 6.18 Å². The highest BCUT2D eigenvalue weighted by molar-refractivity contribution is 7.13. The monoisotopic (exact) mass is 373 g/mol. The van der Waals surface area contributed by atoms with Gasteiger partial charge in [0.2, 0.25) is 5.01 Å². The molecule has 0 N–H and O–H groups in total. The number of carbonyl (C=O) groups excluding carboxylic acids is 1. The Bertz CT molecular complexity index is 754. The van der Waals surface area contributed by atoms with Crippen molar-refractivity contribution < 1.29 is 22.7 Å². The van der Waals surface area contributed by atoms with Crippen molar-refractivity contribution in [2.75, 3.05) is 11.5 Å². The van der Waals surface area contributed by atoms with Crippen molar-refractivity contribution in [2.45, 2.75) is 39.4 Å². The number of carbonyl (C=O) groups is 1. The Morgan fingerprint density at radius 3 is 2.44 bits per heavy atom. The van der Waals surface area contributed by atoms with Crippen LogP contribution in [0.5, 0.6) is 5.19 Å². The highest BCUT2D eigenvalue weighted by atomic mass is 32.1. The van der Waals surface area contributed by atoms with E-state index in [9.17, 15) is 18.0 Å². The molecule has 1 amide bonds. The molecule has 5 nitrogen and oxygen atoms in total. The minimum Gasteiger partial charge on any atom is -0.459 e. The number of ether oxygens (including phenoxy) is 1. The number of alkyl halides is 3. The van der Waals surface area contributed by atoms with Crippen molar-refractivity contribution in [3.63, 3.8) is 0 Å². The molecule has 9 heteroatoms. The third-order valence-electron chi connectivity index (χ3n) is 3.15. The number of anilines is 1. The highest BCUT2D eigenvalue weighted by Gasteiger charge is 2.36. The molecule has 1 aromatic carbocycles. The van der Waals surface area contributed by atoms with Gasteiger partial charge in [0.1, 0.15) is 0 Å². The lowest BCUT2D eigenvalue weighted by Crippen LogP contribution is -2.48. The van der Waals surface area contributed by atoms with Crippen molar-refractivity contribution in [3.8, 4) is 5.19 Å². The Morgan fingerprint density at radius 1 is 1.24 bits per heavy atom. The molecule has 0 aliphatic heterocycles. The van der Waals surface area contributed by atoms with Crippen molar-refractivity contribution in [1.82, 2.24) is 10.2 Å². The molecule has 0 spiro atoms. The molecule has 1 heterocycles. The second-order valence-electron chi connectivity index (χ2n) is 6.40. The maximum atomic E-state index is 12.6. The van der Waals surface area contributed by atoms with Crippen molar-refractivity contribution in [2.24, 2.45) is 0 Å². The molecule has 0 saturated heterocycles. The molecule has 136 valence electrons.